The Bertz CT molecular complexity index is 807. The Kier molecular flexibility index (Phi) is 4.11. The molecule has 6 nitrogen and oxygen atoms in total. The predicted molar refractivity (Wildman–Crippen MR) is 77.7 cm³/mol. The highest BCUT2D eigenvalue weighted by molar-refractivity contribution is 5.89. The third-order valence-corrected chi connectivity index (χ3v) is 3.58. The zero-order valence-corrected chi connectivity index (χ0v) is 12.2. The molecule has 0 aromatic heterocycles. The van der Waals surface area contributed by atoms with Gasteiger partial charge in [0.2, 0.25) is 0 Å². The average molecular weight is 335 g/mol. The Morgan fingerprint density at radius 2 is 1.96 bits per heavy atom. The zero-order chi connectivity index (χ0) is 17.3. The van der Waals surface area contributed by atoms with Crippen LogP contribution in [0, 0.1) is 21.7 Å². The lowest BCUT2D eigenvalue weighted by Crippen LogP contribution is -2.21. The molecule has 0 aliphatic carbocycles. The number of carbonyl (C=O) groups is 1. The number of benzene rings is 2. The van der Waals surface area contributed by atoms with Crippen LogP contribution in [-0.4, -0.2) is 17.5 Å². The van der Waals surface area contributed by atoms with Gasteiger partial charge in [0.1, 0.15) is 23.5 Å². The molecule has 3 rings (SSSR count). The minimum Gasteiger partial charge on any atom is -0.493 e. The van der Waals surface area contributed by atoms with E-state index in [2.05, 4.69) is 0 Å². The second-order valence-electron chi connectivity index (χ2n) is 5.13. The summed E-state index contributed by atoms with van der Waals surface area (Å²) >= 11 is 0. The van der Waals surface area contributed by atoms with Gasteiger partial charge >= 0.3 is 5.97 Å². The summed E-state index contributed by atoms with van der Waals surface area (Å²) in [5, 5.41) is 10.6. The van der Waals surface area contributed by atoms with Crippen molar-refractivity contribution in [2.24, 2.45) is 0 Å². The van der Waals surface area contributed by atoms with Gasteiger partial charge in [-0.3, -0.25) is 10.1 Å². The monoisotopic (exact) mass is 335 g/mol. The number of hydrogen-bond donors (Lipinski definition) is 0. The molecule has 1 aliphatic heterocycles. The summed E-state index contributed by atoms with van der Waals surface area (Å²) in [5.41, 5.74) is -0.0847. The van der Waals surface area contributed by atoms with E-state index in [1.807, 2.05) is 0 Å². The molecule has 24 heavy (non-hydrogen) atoms. The third kappa shape index (κ3) is 3.03. The summed E-state index contributed by atoms with van der Waals surface area (Å²) in [4.78, 5) is 22.2. The van der Waals surface area contributed by atoms with Crippen molar-refractivity contribution in [3.63, 3.8) is 0 Å². The molecule has 1 heterocycles. The number of carbonyl (C=O) groups excluding carboxylic acids is 1. The number of non-ortho nitro benzene ring substituents is 1. The van der Waals surface area contributed by atoms with Crippen LogP contribution in [0.1, 0.15) is 28.4 Å². The quantitative estimate of drug-likeness (QED) is 0.487. The lowest BCUT2D eigenvalue weighted by Gasteiger charge is -2.26. The fourth-order valence-electron chi connectivity index (χ4n) is 2.45. The molecule has 2 aromatic rings. The molecular weight excluding hydrogens is 324 g/mol. The molecule has 0 radical (unpaired) electrons. The van der Waals surface area contributed by atoms with Gasteiger partial charge in [0.05, 0.1) is 22.7 Å². The number of nitrogens with zero attached hydrogens (tertiary/aromatic N) is 1. The first-order valence-electron chi connectivity index (χ1n) is 7.03. The number of esters is 1. The van der Waals surface area contributed by atoms with E-state index in [9.17, 15) is 23.7 Å². The van der Waals surface area contributed by atoms with Gasteiger partial charge < -0.3 is 9.47 Å². The third-order valence-electron chi connectivity index (χ3n) is 3.58. The van der Waals surface area contributed by atoms with Crippen molar-refractivity contribution in [3.8, 4) is 5.75 Å². The van der Waals surface area contributed by atoms with E-state index in [4.69, 9.17) is 9.47 Å². The van der Waals surface area contributed by atoms with Crippen molar-refractivity contribution < 1.29 is 28.0 Å². The molecule has 0 bridgehead atoms. The van der Waals surface area contributed by atoms with Gasteiger partial charge in [-0.25, -0.2) is 13.6 Å². The fourth-order valence-corrected chi connectivity index (χ4v) is 2.45. The molecule has 0 fully saturated rings. The predicted octanol–water partition coefficient (Wildman–Crippen LogP) is 3.55. The number of ether oxygens (including phenoxy) is 2. The van der Waals surface area contributed by atoms with Crippen LogP contribution in [0.5, 0.6) is 5.75 Å². The van der Waals surface area contributed by atoms with E-state index in [0.29, 0.717) is 6.07 Å². The Balaban J connectivity index is 1.82. The first kappa shape index (κ1) is 15.9. The molecule has 0 saturated carbocycles. The van der Waals surface area contributed by atoms with Crippen LogP contribution in [0.4, 0.5) is 14.5 Å². The molecule has 124 valence electrons. The number of rotatable bonds is 3. The van der Waals surface area contributed by atoms with Gasteiger partial charge in [-0.1, -0.05) is 0 Å². The molecule has 0 amide bonds. The second kappa shape index (κ2) is 6.23. The maximum Gasteiger partial charge on any atom is 0.338 e. The highest BCUT2D eigenvalue weighted by Gasteiger charge is 2.29. The van der Waals surface area contributed by atoms with Crippen molar-refractivity contribution in [2.75, 3.05) is 6.61 Å². The summed E-state index contributed by atoms with van der Waals surface area (Å²) in [6, 6.07) is 6.57. The number of nitro benzene ring substituents is 1. The summed E-state index contributed by atoms with van der Waals surface area (Å²) in [5.74, 6) is -2.40. The molecule has 1 unspecified atom stereocenters. The van der Waals surface area contributed by atoms with Gasteiger partial charge in [0, 0.05) is 30.7 Å². The van der Waals surface area contributed by atoms with E-state index in [0.717, 1.165) is 6.07 Å². The molecule has 2 aromatic carbocycles. The zero-order valence-electron chi connectivity index (χ0n) is 12.2. The lowest BCUT2D eigenvalue weighted by atomic mass is 10.0. The smallest absolute Gasteiger partial charge is 0.338 e. The number of hydrogen-bond acceptors (Lipinski definition) is 5. The molecule has 0 spiro atoms. The SMILES string of the molecule is O=C(OC1CCOc2cc(F)cc(F)c21)c1ccc([N+](=O)[O-])cc1. The van der Waals surface area contributed by atoms with Gasteiger partial charge in [0.15, 0.2) is 0 Å². The Morgan fingerprint density at radius 1 is 1.25 bits per heavy atom. The van der Waals surface area contributed by atoms with Crippen LogP contribution in [0.15, 0.2) is 36.4 Å². The van der Waals surface area contributed by atoms with Crippen molar-refractivity contribution in [2.45, 2.75) is 12.5 Å². The first-order chi connectivity index (χ1) is 11.5. The van der Waals surface area contributed by atoms with Crippen molar-refractivity contribution in [3.05, 3.63) is 69.3 Å². The number of halogens is 2. The summed E-state index contributed by atoms with van der Waals surface area (Å²) in [7, 11) is 0. The molecule has 8 heteroatoms. The summed E-state index contributed by atoms with van der Waals surface area (Å²) < 4.78 is 37.7. The van der Waals surface area contributed by atoms with Crippen LogP contribution in [0.3, 0.4) is 0 Å². The molecular formula is C16H11F2NO5. The van der Waals surface area contributed by atoms with E-state index >= 15 is 0 Å². The minimum atomic E-state index is -0.919. The molecule has 1 atom stereocenters. The van der Waals surface area contributed by atoms with Gasteiger partial charge in [0.25, 0.3) is 5.69 Å². The fraction of sp³-hybridized carbons (Fsp3) is 0.188. The normalized spacial score (nSPS) is 16.0. The van der Waals surface area contributed by atoms with Crippen molar-refractivity contribution >= 4 is 11.7 Å². The largest absolute Gasteiger partial charge is 0.493 e. The highest BCUT2D eigenvalue weighted by Crippen LogP contribution is 2.37. The van der Waals surface area contributed by atoms with Gasteiger partial charge in [-0.2, -0.15) is 0 Å². The summed E-state index contributed by atoms with van der Waals surface area (Å²) in [6.45, 7) is 0.147. The van der Waals surface area contributed by atoms with Crippen LogP contribution in [0.25, 0.3) is 0 Å². The van der Waals surface area contributed by atoms with Gasteiger partial charge in [-0.05, 0) is 12.1 Å². The second-order valence-corrected chi connectivity index (χ2v) is 5.13. The van der Waals surface area contributed by atoms with Crippen LogP contribution in [0.2, 0.25) is 0 Å². The lowest BCUT2D eigenvalue weighted by molar-refractivity contribution is -0.384. The van der Waals surface area contributed by atoms with E-state index in [1.54, 1.807) is 0 Å². The standard InChI is InChI=1S/C16H11F2NO5/c17-10-7-12(18)15-13(5-6-23-14(15)8-10)24-16(20)9-1-3-11(4-2-9)19(21)22/h1-4,7-8,13H,5-6H2. The highest BCUT2D eigenvalue weighted by atomic mass is 19.1. The average Bonchev–Trinajstić information content (AvgIpc) is 2.54. The molecule has 0 saturated heterocycles. The molecule has 1 aliphatic rings. The van der Waals surface area contributed by atoms with Crippen LogP contribution >= 0.6 is 0 Å². The Hall–Kier alpha value is -3.03. The van der Waals surface area contributed by atoms with E-state index in [-0.39, 0.29) is 35.6 Å². The van der Waals surface area contributed by atoms with Crippen LogP contribution in [-0.2, 0) is 4.74 Å². The molecule has 0 N–H and O–H groups in total. The Morgan fingerprint density at radius 3 is 2.62 bits per heavy atom. The first-order valence-corrected chi connectivity index (χ1v) is 7.03. The van der Waals surface area contributed by atoms with Crippen LogP contribution < -0.4 is 4.74 Å². The Labute approximate surface area is 134 Å². The number of fused-ring (bicyclic) bond motifs is 1. The minimum absolute atomic E-state index is 0.000231. The number of nitro groups is 1. The van der Waals surface area contributed by atoms with E-state index < -0.39 is 28.6 Å². The van der Waals surface area contributed by atoms with Gasteiger partial charge in [-0.15, -0.1) is 0 Å². The topological polar surface area (TPSA) is 78.7 Å². The van der Waals surface area contributed by atoms with Crippen molar-refractivity contribution in [1.29, 1.82) is 0 Å². The maximum atomic E-state index is 14.0. The maximum absolute atomic E-state index is 14.0. The van der Waals surface area contributed by atoms with Crippen molar-refractivity contribution in [1.82, 2.24) is 0 Å². The summed E-state index contributed by atoms with van der Waals surface area (Å²) in [6.07, 6.45) is -0.703. The van der Waals surface area contributed by atoms with E-state index in [1.165, 1.54) is 24.3 Å².